The van der Waals surface area contributed by atoms with Gasteiger partial charge in [0.15, 0.2) is 5.54 Å². The fraction of sp³-hybridized carbons (Fsp3) is 0.261. The minimum atomic E-state index is -4.68. The fourth-order valence-corrected chi connectivity index (χ4v) is 3.39. The average molecular weight is 519 g/mol. The van der Waals surface area contributed by atoms with E-state index in [1.165, 1.54) is 38.6 Å². The molecule has 6 N–H and O–H groups in total. The van der Waals surface area contributed by atoms with Crippen LogP contribution in [-0.4, -0.2) is 69.0 Å². The number of benzene rings is 2. The third-order valence-electron chi connectivity index (χ3n) is 5.37. The maximum Gasteiger partial charge on any atom is 0.469 e. The summed E-state index contributed by atoms with van der Waals surface area (Å²) in [6.45, 7) is 0.632. The number of nitrogens with zero attached hydrogens (tertiary/aromatic N) is 1. The number of hydrogen-bond donors (Lipinski definition) is 6. The normalized spacial score (nSPS) is 13.4. The molecule has 0 saturated heterocycles. The van der Waals surface area contributed by atoms with Gasteiger partial charge >= 0.3 is 7.82 Å². The second-order valence-electron chi connectivity index (χ2n) is 7.71. The Balaban J connectivity index is 2.13. The maximum atomic E-state index is 12.9. The Hall–Kier alpha value is -3.56. The van der Waals surface area contributed by atoms with Crippen LogP contribution >= 0.6 is 7.82 Å². The summed E-state index contributed by atoms with van der Waals surface area (Å²) in [5.41, 5.74) is 1.14. The number of phosphoric acid groups is 1. The zero-order valence-corrected chi connectivity index (χ0v) is 20.5. The van der Waals surface area contributed by atoms with Gasteiger partial charge in [-0.3, -0.25) is 24.1 Å². The number of nitrogens with one attached hydrogen (secondary N) is 2. The highest BCUT2D eigenvalue weighted by molar-refractivity contribution is 7.46. The minimum absolute atomic E-state index is 0.180. The molecule has 0 aromatic heterocycles. The third kappa shape index (κ3) is 6.99. The van der Waals surface area contributed by atoms with Crippen molar-refractivity contribution in [2.45, 2.75) is 18.6 Å². The number of carbonyl (C=O) groups is 3. The second kappa shape index (κ2) is 11.9. The number of hydrogen-bond acceptors (Lipinski definition) is 7. The first-order valence-electron chi connectivity index (χ1n) is 10.4. The first kappa shape index (κ1) is 28.7. The molecule has 0 heterocycles. The standard InChI is InChI=1S/C23H26N3O9P/c1-23(21(29)24-2,22(30)25-31)26(3)20(28)18-12-8-16(9-13-18)5-4-15-6-10-17(11-7-15)19(27)14-35-36(32,33)34/h6-13,19,27,31H,14H2,1-3H3,(H,24,29)(H,25,30)(H2,32,33,34)/t19-,23+/m1/s1. The van der Waals surface area contributed by atoms with Gasteiger partial charge in [0.05, 0.1) is 6.61 Å². The molecule has 12 nitrogen and oxygen atoms in total. The summed E-state index contributed by atoms with van der Waals surface area (Å²) in [4.78, 5) is 55.6. The van der Waals surface area contributed by atoms with E-state index in [1.54, 1.807) is 36.4 Å². The van der Waals surface area contributed by atoms with E-state index in [0.29, 0.717) is 16.7 Å². The van der Waals surface area contributed by atoms with Crippen molar-refractivity contribution in [1.29, 1.82) is 0 Å². The molecule has 0 aliphatic heterocycles. The molecule has 0 bridgehead atoms. The lowest BCUT2D eigenvalue weighted by Gasteiger charge is -2.34. The van der Waals surface area contributed by atoms with Crippen LogP contribution in [0.2, 0.25) is 0 Å². The number of carbonyl (C=O) groups excluding carboxylic acids is 3. The van der Waals surface area contributed by atoms with Crippen molar-refractivity contribution in [2.24, 2.45) is 0 Å². The zero-order valence-electron chi connectivity index (χ0n) is 19.6. The Labute approximate surface area is 207 Å². The average Bonchev–Trinajstić information content (AvgIpc) is 2.88. The Morgan fingerprint density at radius 1 is 1.03 bits per heavy atom. The summed E-state index contributed by atoms with van der Waals surface area (Å²) >= 11 is 0. The Morgan fingerprint density at radius 2 is 1.53 bits per heavy atom. The van der Waals surface area contributed by atoms with E-state index in [0.717, 1.165) is 4.90 Å². The molecular weight excluding hydrogens is 493 g/mol. The predicted octanol–water partition coefficient (Wildman–Crippen LogP) is 0.311. The van der Waals surface area contributed by atoms with Gasteiger partial charge < -0.3 is 25.1 Å². The van der Waals surface area contributed by atoms with Gasteiger partial charge in [0.1, 0.15) is 6.10 Å². The van der Waals surface area contributed by atoms with Crippen molar-refractivity contribution < 1.29 is 43.6 Å². The Bertz CT molecular complexity index is 1200. The highest BCUT2D eigenvalue weighted by atomic mass is 31.2. The lowest BCUT2D eigenvalue weighted by molar-refractivity contribution is -0.148. The summed E-state index contributed by atoms with van der Waals surface area (Å²) in [7, 11) is -2.12. The summed E-state index contributed by atoms with van der Waals surface area (Å²) in [5, 5.41) is 21.3. The molecule has 0 fully saturated rings. The zero-order chi connectivity index (χ0) is 27.1. The molecule has 2 rings (SSSR count). The lowest BCUT2D eigenvalue weighted by atomic mass is 9.96. The number of rotatable bonds is 8. The third-order valence-corrected chi connectivity index (χ3v) is 5.85. The number of likely N-dealkylation sites (N-methyl/N-ethyl adjacent to an activating group) is 2. The monoisotopic (exact) mass is 519 g/mol. The quantitative estimate of drug-likeness (QED) is 0.0939. The van der Waals surface area contributed by atoms with Crippen molar-refractivity contribution in [2.75, 3.05) is 20.7 Å². The molecule has 36 heavy (non-hydrogen) atoms. The predicted molar refractivity (Wildman–Crippen MR) is 126 cm³/mol. The highest BCUT2D eigenvalue weighted by Gasteiger charge is 2.47. The van der Waals surface area contributed by atoms with Crippen LogP contribution in [0.25, 0.3) is 0 Å². The van der Waals surface area contributed by atoms with Gasteiger partial charge in [-0.1, -0.05) is 24.0 Å². The van der Waals surface area contributed by atoms with Crippen LogP contribution in [-0.2, 0) is 18.7 Å². The van der Waals surface area contributed by atoms with Crippen LogP contribution in [0.1, 0.15) is 40.1 Å². The van der Waals surface area contributed by atoms with Gasteiger partial charge in [-0.25, -0.2) is 10.0 Å². The number of hydroxylamine groups is 1. The summed E-state index contributed by atoms with van der Waals surface area (Å²) in [6.07, 6.45) is -1.23. The van der Waals surface area contributed by atoms with Crippen molar-refractivity contribution in [3.63, 3.8) is 0 Å². The van der Waals surface area contributed by atoms with E-state index < -0.39 is 43.8 Å². The van der Waals surface area contributed by atoms with Gasteiger partial charge in [0, 0.05) is 30.8 Å². The van der Waals surface area contributed by atoms with Crippen molar-refractivity contribution in [1.82, 2.24) is 15.7 Å². The molecule has 0 saturated carbocycles. The van der Waals surface area contributed by atoms with E-state index in [9.17, 15) is 24.1 Å². The molecule has 2 aromatic carbocycles. The molecule has 0 spiro atoms. The lowest BCUT2D eigenvalue weighted by Crippen LogP contribution is -2.64. The second-order valence-corrected chi connectivity index (χ2v) is 8.95. The van der Waals surface area contributed by atoms with Crippen molar-refractivity contribution in [3.05, 3.63) is 70.8 Å². The van der Waals surface area contributed by atoms with Crippen molar-refractivity contribution in [3.8, 4) is 11.8 Å². The molecule has 13 heteroatoms. The number of aliphatic hydroxyl groups is 1. The fourth-order valence-electron chi connectivity index (χ4n) is 3.05. The highest BCUT2D eigenvalue weighted by Crippen LogP contribution is 2.37. The summed E-state index contributed by atoms with van der Waals surface area (Å²) < 4.78 is 15.0. The van der Waals surface area contributed by atoms with Crippen LogP contribution in [0, 0.1) is 11.8 Å². The number of amides is 3. The van der Waals surface area contributed by atoms with E-state index >= 15 is 0 Å². The van der Waals surface area contributed by atoms with Crippen LogP contribution in [0.15, 0.2) is 48.5 Å². The van der Waals surface area contributed by atoms with Crippen LogP contribution in [0.3, 0.4) is 0 Å². The number of aliphatic hydroxyl groups excluding tert-OH is 1. The number of phosphoric ester groups is 1. The smallest absolute Gasteiger partial charge is 0.386 e. The summed E-state index contributed by atoms with van der Waals surface area (Å²) in [5.74, 6) is 3.31. The Kier molecular flexibility index (Phi) is 9.49. The Morgan fingerprint density at radius 3 is 1.97 bits per heavy atom. The molecule has 2 atom stereocenters. The van der Waals surface area contributed by atoms with Crippen LogP contribution in [0.4, 0.5) is 0 Å². The molecule has 0 radical (unpaired) electrons. The van der Waals surface area contributed by atoms with Gasteiger partial charge in [-0.15, -0.1) is 0 Å². The molecular formula is C23H26N3O9P. The molecule has 0 aliphatic carbocycles. The van der Waals surface area contributed by atoms with Crippen LogP contribution in [0.5, 0.6) is 0 Å². The largest absolute Gasteiger partial charge is 0.469 e. The van der Waals surface area contributed by atoms with E-state index in [2.05, 4.69) is 21.7 Å². The topological polar surface area (TPSA) is 186 Å². The molecule has 0 aliphatic rings. The first-order chi connectivity index (χ1) is 16.8. The molecule has 192 valence electrons. The van der Waals surface area contributed by atoms with Crippen molar-refractivity contribution >= 4 is 25.5 Å². The molecule has 2 aromatic rings. The van der Waals surface area contributed by atoms with E-state index in [-0.39, 0.29) is 5.56 Å². The van der Waals surface area contributed by atoms with Gasteiger partial charge in [-0.05, 0) is 48.9 Å². The van der Waals surface area contributed by atoms with Gasteiger partial charge in [0.25, 0.3) is 17.7 Å². The minimum Gasteiger partial charge on any atom is -0.386 e. The van der Waals surface area contributed by atoms with E-state index in [4.69, 9.17) is 15.0 Å². The summed E-state index contributed by atoms with van der Waals surface area (Å²) in [6, 6.07) is 12.4. The maximum absolute atomic E-state index is 12.9. The van der Waals surface area contributed by atoms with Gasteiger partial charge in [-0.2, -0.15) is 0 Å². The van der Waals surface area contributed by atoms with Crippen LogP contribution < -0.4 is 10.8 Å². The molecule has 3 amide bonds. The first-order valence-corrected chi connectivity index (χ1v) is 11.9. The molecule has 0 unspecified atom stereocenters. The van der Waals surface area contributed by atoms with Gasteiger partial charge in [0.2, 0.25) is 0 Å². The SMILES string of the molecule is CNC(=O)[C@@](C)(C(=O)NO)N(C)C(=O)c1ccc(C#Cc2ccc([C@H](O)COP(=O)(O)O)cc2)cc1. The van der Waals surface area contributed by atoms with E-state index in [1.807, 2.05) is 0 Å².